The van der Waals surface area contributed by atoms with Gasteiger partial charge in [0.2, 0.25) is 0 Å². The van der Waals surface area contributed by atoms with Gasteiger partial charge in [0, 0.05) is 18.3 Å². The van der Waals surface area contributed by atoms with Crippen molar-refractivity contribution in [2.75, 3.05) is 12.4 Å². The summed E-state index contributed by atoms with van der Waals surface area (Å²) in [7, 11) is 1.60. The van der Waals surface area contributed by atoms with E-state index in [0.29, 0.717) is 13.0 Å². The summed E-state index contributed by atoms with van der Waals surface area (Å²) in [5, 5.41) is 12.5. The molecule has 2 N–H and O–H groups in total. The predicted octanol–water partition coefficient (Wildman–Crippen LogP) is 3.65. The summed E-state index contributed by atoms with van der Waals surface area (Å²) in [6, 6.07) is 13.2. The van der Waals surface area contributed by atoms with Crippen molar-refractivity contribution < 1.29 is 14.6 Å². The van der Waals surface area contributed by atoms with Crippen molar-refractivity contribution >= 4 is 34.2 Å². The lowest BCUT2D eigenvalue weighted by Gasteiger charge is -2.12. The zero-order chi connectivity index (χ0) is 22.7. The maximum Gasteiger partial charge on any atom is 0.264 e. The van der Waals surface area contributed by atoms with Crippen molar-refractivity contribution in [1.82, 2.24) is 14.5 Å². The summed E-state index contributed by atoms with van der Waals surface area (Å²) >= 11 is 5.90. The van der Waals surface area contributed by atoms with Crippen molar-refractivity contribution in [2.24, 2.45) is 0 Å². The molecule has 162 valence electrons. The number of benzene rings is 2. The van der Waals surface area contributed by atoms with Gasteiger partial charge in [-0.25, -0.2) is 9.97 Å². The first-order chi connectivity index (χ1) is 15.5. The number of pyridine rings is 1. The number of phenolic OH excluding ortho intramolecular Hbond substituents is 1. The van der Waals surface area contributed by atoms with Crippen molar-refractivity contribution in [1.29, 1.82) is 0 Å². The third kappa shape index (κ3) is 4.26. The number of para-hydroxylation sites is 1. The highest BCUT2D eigenvalue weighted by Gasteiger charge is 2.15. The van der Waals surface area contributed by atoms with Crippen LogP contribution in [0.2, 0.25) is 5.02 Å². The topological polar surface area (TPSA) is 106 Å². The number of aromatic nitrogens is 3. The number of hydrogen-bond acceptors (Lipinski definition) is 6. The lowest BCUT2D eigenvalue weighted by Crippen LogP contribution is -2.24. The number of hydrogen-bond donors (Lipinski definition) is 2. The van der Waals surface area contributed by atoms with Gasteiger partial charge >= 0.3 is 0 Å². The number of fused-ring (bicyclic) bond motifs is 1. The highest BCUT2D eigenvalue weighted by Crippen LogP contribution is 2.25. The lowest BCUT2D eigenvalue weighted by atomic mass is 10.1. The summed E-state index contributed by atoms with van der Waals surface area (Å²) in [5.41, 5.74) is 1.39. The first-order valence-corrected chi connectivity index (χ1v) is 10.1. The number of carbonyl (C=O) groups excluding carboxylic acids is 1. The van der Waals surface area contributed by atoms with Gasteiger partial charge in [-0.05, 0) is 42.3 Å². The number of phenols is 1. The number of nitrogens with one attached hydrogen (secondary N) is 1. The van der Waals surface area contributed by atoms with Crippen LogP contribution in [0.1, 0.15) is 15.9 Å². The maximum atomic E-state index is 13.2. The van der Waals surface area contributed by atoms with Crippen LogP contribution in [0.5, 0.6) is 11.5 Å². The van der Waals surface area contributed by atoms with Crippen LogP contribution in [0.15, 0.2) is 65.8 Å². The van der Waals surface area contributed by atoms with E-state index in [1.807, 2.05) is 24.3 Å². The Morgan fingerprint density at radius 3 is 2.78 bits per heavy atom. The van der Waals surface area contributed by atoms with E-state index in [4.69, 9.17) is 16.3 Å². The van der Waals surface area contributed by atoms with Gasteiger partial charge in [-0.15, -0.1) is 0 Å². The SMILES string of the molecule is COc1ccccc1CCn1cnc2nccc(NC(=O)c3ccc(O)c(Cl)c3)c2c1=O. The van der Waals surface area contributed by atoms with Crippen molar-refractivity contribution in [3.8, 4) is 11.5 Å². The van der Waals surface area contributed by atoms with Gasteiger partial charge < -0.3 is 15.2 Å². The largest absolute Gasteiger partial charge is 0.506 e. The molecule has 0 saturated carbocycles. The fourth-order valence-electron chi connectivity index (χ4n) is 3.34. The standard InChI is InChI=1S/C23H19ClN4O4/c1-32-19-5-3-2-4-14(19)9-11-28-13-26-21-20(23(28)31)17(8-10-25-21)27-22(30)15-6-7-18(29)16(24)12-15/h2-8,10,12-13,29H,9,11H2,1H3,(H,25,27,30). The molecule has 4 aromatic rings. The summed E-state index contributed by atoms with van der Waals surface area (Å²) in [5.74, 6) is 0.138. The lowest BCUT2D eigenvalue weighted by molar-refractivity contribution is 0.102. The molecule has 0 saturated heterocycles. The molecule has 0 unspecified atom stereocenters. The first kappa shape index (κ1) is 21.3. The minimum atomic E-state index is -0.483. The van der Waals surface area contributed by atoms with Gasteiger partial charge in [-0.2, -0.15) is 0 Å². The average molecular weight is 451 g/mol. The van der Waals surface area contributed by atoms with Crippen LogP contribution >= 0.6 is 11.6 Å². The van der Waals surface area contributed by atoms with Crippen molar-refractivity contribution in [2.45, 2.75) is 13.0 Å². The molecule has 2 aromatic carbocycles. The molecule has 0 aliphatic heterocycles. The number of aryl methyl sites for hydroxylation is 2. The van der Waals surface area contributed by atoms with E-state index in [2.05, 4.69) is 15.3 Å². The quantitative estimate of drug-likeness (QED) is 0.464. The van der Waals surface area contributed by atoms with Crippen molar-refractivity contribution in [3.63, 3.8) is 0 Å². The number of rotatable bonds is 6. The Kier molecular flexibility index (Phi) is 6.04. The summed E-state index contributed by atoms with van der Waals surface area (Å²) in [6.07, 6.45) is 3.47. The monoisotopic (exact) mass is 450 g/mol. The Hall–Kier alpha value is -3.91. The highest BCUT2D eigenvalue weighted by molar-refractivity contribution is 6.32. The zero-order valence-corrected chi connectivity index (χ0v) is 17.8. The average Bonchev–Trinajstić information content (AvgIpc) is 2.80. The molecule has 2 aromatic heterocycles. The number of ether oxygens (including phenoxy) is 1. The predicted molar refractivity (Wildman–Crippen MR) is 122 cm³/mol. The van der Waals surface area contributed by atoms with Crippen molar-refractivity contribution in [3.05, 3.63) is 87.6 Å². The second kappa shape index (κ2) is 9.07. The molecular weight excluding hydrogens is 432 g/mol. The second-order valence-electron chi connectivity index (χ2n) is 6.98. The van der Waals surface area contributed by atoms with E-state index in [0.717, 1.165) is 11.3 Å². The van der Waals surface area contributed by atoms with Crippen LogP contribution in [0.3, 0.4) is 0 Å². The molecule has 0 fully saturated rings. The third-order valence-corrected chi connectivity index (χ3v) is 5.30. The second-order valence-corrected chi connectivity index (χ2v) is 7.39. The minimum Gasteiger partial charge on any atom is -0.506 e. The van der Waals surface area contributed by atoms with E-state index in [-0.39, 0.29) is 38.6 Å². The molecule has 0 atom stereocenters. The van der Waals surface area contributed by atoms with E-state index in [1.54, 1.807) is 7.11 Å². The number of nitrogens with zero attached hydrogens (tertiary/aromatic N) is 3. The minimum absolute atomic E-state index is 0.0533. The zero-order valence-electron chi connectivity index (χ0n) is 17.1. The van der Waals surface area contributed by atoms with Gasteiger partial charge in [-0.1, -0.05) is 29.8 Å². The molecule has 2 heterocycles. The highest BCUT2D eigenvalue weighted by atomic mass is 35.5. The van der Waals surface area contributed by atoms with E-state index in [1.165, 1.54) is 41.4 Å². The normalized spacial score (nSPS) is 10.8. The first-order valence-electron chi connectivity index (χ1n) is 9.74. The summed E-state index contributed by atoms with van der Waals surface area (Å²) < 4.78 is 6.85. The van der Waals surface area contributed by atoms with Gasteiger partial charge in [0.25, 0.3) is 11.5 Å². The number of methoxy groups -OCH3 is 1. The Labute approximate surface area is 188 Å². The molecule has 9 heteroatoms. The number of aromatic hydroxyl groups is 1. The van der Waals surface area contributed by atoms with Gasteiger partial charge in [0.15, 0.2) is 5.65 Å². The number of amides is 1. The molecule has 8 nitrogen and oxygen atoms in total. The summed E-state index contributed by atoms with van der Waals surface area (Å²) in [6.45, 7) is 0.373. The third-order valence-electron chi connectivity index (χ3n) is 5.00. The van der Waals surface area contributed by atoms with E-state index in [9.17, 15) is 14.7 Å². The van der Waals surface area contributed by atoms with Gasteiger partial charge in [0.05, 0.1) is 24.1 Å². The molecule has 4 rings (SSSR count). The van der Waals surface area contributed by atoms with E-state index >= 15 is 0 Å². The molecule has 0 aliphatic carbocycles. The molecule has 0 aliphatic rings. The Morgan fingerprint density at radius 2 is 2.00 bits per heavy atom. The number of carbonyl (C=O) groups is 1. The smallest absolute Gasteiger partial charge is 0.264 e. The molecule has 32 heavy (non-hydrogen) atoms. The fourth-order valence-corrected chi connectivity index (χ4v) is 3.52. The molecule has 1 amide bonds. The van der Waals surface area contributed by atoms with Gasteiger partial charge in [-0.3, -0.25) is 14.2 Å². The van der Waals surface area contributed by atoms with Crippen LogP contribution in [0.25, 0.3) is 11.0 Å². The van der Waals surface area contributed by atoms with E-state index < -0.39 is 5.91 Å². The van der Waals surface area contributed by atoms with Crippen LogP contribution < -0.4 is 15.6 Å². The van der Waals surface area contributed by atoms with Crippen LogP contribution in [0, 0.1) is 0 Å². The van der Waals surface area contributed by atoms with Gasteiger partial charge in [0.1, 0.15) is 16.9 Å². The summed E-state index contributed by atoms with van der Waals surface area (Å²) in [4.78, 5) is 34.3. The molecule has 0 radical (unpaired) electrons. The Bertz CT molecular complexity index is 1370. The van der Waals surface area contributed by atoms with Crippen LogP contribution in [0.4, 0.5) is 5.69 Å². The fraction of sp³-hybridized carbons (Fsp3) is 0.130. The van der Waals surface area contributed by atoms with Crippen LogP contribution in [-0.2, 0) is 13.0 Å². The molecular formula is C23H19ClN4O4. The maximum absolute atomic E-state index is 13.2. The van der Waals surface area contributed by atoms with Crippen LogP contribution in [-0.4, -0.2) is 32.7 Å². The molecule has 0 bridgehead atoms. The number of anilines is 1. The Balaban J connectivity index is 1.65. The Morgan fingerprint density at radius 1 is 1.19 bits per heavy atom. The number of halogens is 1. The molecule has 0 spiro atoms.